The number of carbonyl (C=O) groups is 1. The summed E-state index contributed by atoms with van der Waals surface area (Å²) in [6, 6.07) is 2.98. The standard InChI is InChI=1S/C14H17F2NO2/c15-10-5-6-12(13(16)9-10)14(19)17(7-8-18)11-3-1-2-4-11/h5-6,9,11,18H,1-4,7-8H2. The summed E-state index contributed by atoms with van der Waals surface area (Å²) in [4.78, 5) is 13.8. The maximum atomic E-state index is 13.6. The Labute approximate surface area is 110 Å². The third kappa shape index (κ3) is 3.10. The maximum Gasteiger partial charge on any atom is 0.257 e. The van der Waals surface area contributed by atoms with Gasteiger partial charge in [0.05, 0.1) is 12.2 Å². The van der Waals surface area contributed by atoms with E-state index >= 15 is 0 Å². The zero-order valence-corrected chi connectivity index (χ0v) is 10.6. The van der Waals surface area contributed by atoms with Crippen molar-refractivity contribution in [2.75, 3.05) is 13.2 Å². The van der Waals surface area contributed by atoms with Crippen LogP contribution in [0.1, 0.15) is 36.0 Å². The molecule has 1 aliphatic rings. The number of benzene rings is 1. The van der Waals surface area contributed by atoms with Crippen LogP contribution in [0.25, 0.3) is 0 Å². The van der Waals surface area contributed by atoms with Crippen molar-refractivity contribution in [2.45, 2.75) is 31.7 Å². The van der Waals surface area contributed by atoms with Gasteiger partial charge in [0, 0.05) is 18.7 Å². The minimum atomic E-state index is -0.856. The molecular weight excluding hydrogens is 252 g/mol. The second kappa shape index (κ2) is 6.10. The molecule has 1 amide bonds. The summed E-state index contributed by atoms with van der Waals surface area (Å²) in [6.07, 6.45) is 3.81. The van der Waals surface area contributed by atoms with Crippen LogP contribution in [0.4, 0.5) is 8.78 Å². The summed E-state index contributed by atoms with van der Waals surface area (Å²) in [5, 5.41) is 9.06. The molecule has 1 N–H and O–H groups in total. The molecular formula is C14H17F2NO2. The van der Waals surface area contributed by atoms with E-state index in [1.54, 1.807) is 0 Å². The van der Waals surface area contributed by atoms with Crippen LogP contribution in [0, 0.1) is 11.6 Å². The number of carbonyl (C=O) groups excluding carboxylic acids is 1. The molecule has 5 heteroatoms. The summed E-state index contributed by atoms with van der Waals surface area (Å²) in [5.41, 5.74) is -0.137. The van der Waals surface area contributed by atoms with Crippen molar-refractivity contribution in [3.05, 3.63) is 35.4 Å². The smallest absolute Gasteiger partial charge is 0.257 e. The molecule has 1 fully saturated rings. The average molecular weight is 269 g/mol. The minimum Gasteiger partial charge on any atom is -0.395 e. The number of aliphatic hydroxyl groups is 1. The van der Waals surface area contributed by atoms with Crippen LogP contribution in [0.5, 0.6) is 0 Å². The van der Waals surface area contributed by atoms with Gasteiger partial charge in [-0.2, -0.15) is 0 Å². The number of halogens is 2. The Kier molecular flexibility index (Phi) is 4.47. The molecule has 0 aliphatic heterocycles. The summed E-state index contributed by atoms with van der Waals surface area (Å²) >= 11 is 0. The molecule has 1 aliphatic carbocycles. The van der Waals surface area contributed by atoms with Gasteiger partial charge in [0.1, 0.15) is 11.6 Å². The molecule has 0 unspecified atom stereocenters. The van der Waals surface area contributed by atoms with Crippen LogP contribution in [-0.2, 0) is 0 Å². The van der Waals surface area contributed by atoms with Gasteiger partial charge in [-0.25, -0.2) is 8.78 Å². The van der Waals surface area contributed by atoms with Crippen molar-refractivity contribution in [3.63, 3.8) is 0 Å². The first-order valence-corrected chi connectivity index (χ1v) is 6.50. The Morgan fingerprint density at radius 2 is 2.00 bits per heavy atom. The molecule has 0 bridgehead atoms. The van der Waals surface area contributed by atoms with Gasteiger partial charge in [-0.3, -0.25) is 4.79 Å². The highest BCUT2D eigenvalue weighted by Crippen LogP contribution is 2.25. The molecule has 2 rings (SSSR count). The zero-order valence-electron chi connectivity index (χ0n) is 10.6. The van der Waals surface area contributed by atoms with Gasteiger partial charge in [-0.15, -0.1) is 0 Å². The Bertz CT molecular complexity index is 459. The summed E-state index contributed by atoms with van der Waals surface area (Å²) in [5.74, 6) is -2.03. The SMILES string of the molecule is O=C(c1ccc(F)cc1F)N(CCO)C1CCCC1. The molecule has 1 saturated carbocycles. The third-order valence-corrected chi connectivity index (χ3v) is 3.53. The quantitative estimate of drug-likeness (QED) is 0.911. The van der Waals surface area contributed by atoms with Crippen LogP contribution in [0.2, 0.25) is 0 Å². The van der Waals surface area contributed by atoms with Crippen molar-refractivity contribution < 1.29 is 18.7 Å². The highest BCUT2D eigenvalue weighted by Gasteiger charge is 2.28. The number of hydrogen-bond donors (Lipinski definition) is 1. The fourth-order valence-corrected chi connectivity index (χ4v) is 2.59. The first-order chi connectivity index (χ1) is 9.13. The lowest BCUT2D eigenvalue weighted by atomic mass is 10.1. The molecule has 104 valence electrons. The molecule has 0 radical (unpaired) electrons. The van der Waals surface area contributed by atoms with Crippen LogP contribution in [-0.4, -0.2) is 35.1 Å². The van der Waals surface area contributed by atoms with E-state index < -0.39 is 17.5 Å². The Balaban J connectivity index is 2.22. The van der Waals surface area contributed by atoms with E-state index in [9.17, 15) is 13.6 Å². The lowest BCUT2D eigenvalue weighted by molar-refractivity contribution is 0.0633. The Hall–Kier alpha value is -1.49. The summed E-state index contributed by atoms with van der Waals surface area (Å²) < 4.78 is 26.5. The van der Waals surface area contributed by atoms with Gasteiger partial charge < -0.3 is 10.0 Å². The normalized spacial score (nSPS) is 15.7. The van der Waals surface area contributed by atoms with E-state index in [4.69, 9.17) is 5.11 Å². The number of rotatable bonds is 4. The van der Waals surface area contributed by atoms with Crippen LogP contribution in [0.3, 0.4) is 0 Å². The summed E-state index contributed by atoms with van der Waals surface area (Å²) in [7, 11) is 0. The predicted octanol–water partition coefficient (Wildman–Crippen LogP) is 2.34. The van der Waals surface area contributed by atoms with Gasteiger partial charge in [0.25, 0.3) is 5.91 Å². The molecule has 0 heterocycles. The topological polar surface area (TPSA) is 40.5 Å². The Morgan fingerprint density at radius 1 is 1.32 bits per heavy atom. The first kappa shape index (κ1) is 13.9. The summed E-state index contributed by atoms with van der Waals surface area (Å²) in [6.45, 7) is 0.0192. The van der Waals surface area contributed by atoms with Gasteiger partial charge in [-0.1, -0.05) is 12.8 Å². The second-order valence-electron chi connectivity index (χ2n) is 4.78. The second-order valence-corrected chi connectivity index (χ2v) is 4.78. The van der Waals surface area contributed by atoms with E-state index in [2.05, 4.69) is 0 Å². The van der Waals surface area contributed by atoms with Crippen LogP contribution < -0.4 is 0 Å². The number of hydrogen-bond acceptors (Lipinski definition) is 2. The van der Waals surface area contributed by atoms with Crippen LogP contribution >= 0.6 is 0 Å². The minimum absolute atomic E-state index is 0.0455. The first-order valence-electron chi connectivity index (χ1n) is 6.50. The molecule has 0 atom stereocenters. The highest BCUT2D eigenvalue weighted by atomic mass is 19.1. The highest BCUT2D eigenvalue weighted by molar-refractivity contribution is 5.94. The van der Waals surface area contributed by atoms with Gasteiger partial charge in [-0.05, 0) is 25.0 Å². The van der Waals surface area contributed by atoms with Gasteiger partial charge in [0.15, 0.2) is 0 Å². The van der Waals surface area contributed by atoms with E-state index in [1.807, 2.05) is 0 Å². The van der Waals surface area contributed by atoms with E-state index in [0.29, 0.717) is 6.07 Å². The van der Waals surface area contributed by atoms with Gasteiger partial charge in [0.2, 0.25) is 0 Å². The van der Waals surface area contributed by atoms with E-state index in [-0.39, 0.29) is 24.8 Å². The fourth-order valence-electron chi connectivity index (χ4n) is 2.59. The largest absolute Gasteiger partial charge is 0.395 e. The van der Waals surface area contributed by atoms with Crippen molar-refractivity contribution in [3.8, 4) is 0 Å². The zero-order chi connectivity index (χ0) is 13.8. The lowest BCUT2D eigenvalue weighted by Crippen LogP contribution is -2.41. The van der Waals surface area contributed by atoms with Crippen molar-refractivity contribution >= 4 is 5.91 Å². The Morgan fingerprint density at radius 3 is 2.58 bits per heavy atom. The third-order valence-electron chi connectivity index (χ3n) is 3.53. The van der Waals surface area contributed by atoms with Crippen molar-refractivity contribution in [2.24, 2.45) is 0 Å². The fraction of sp³-hybridized carbons (Fsp3) is 0.500. The molecule has 19 heavy (non-hydrogen) atoms. The number of aliphatic hydroxyl groups excluding tert-OH is 1. The van der Waals surface area contributed by atoms with Crippen molar-refractivity contribution in [1.82, 2.24) is 4.90 Å². The monoisotopic (exact) mass is 269 g/mol. The molecule has 3 nitrogen and oxygen atoms in total. The predicted molar refractivity (Wildman–Crippen MR) is 66.7 cm³/mol. The molecule has 1 aromatic carbocycles. The van der Waals surface area contributed by atoms with Crippen LogP contribution in [0.15, 0.2) is 18.2 Å². The molecule has 0 spiro atoms. The number of nitrogens with zero attached hydrogens (tertiary/aromatic N) is 1. The lowest BCUT2D eigenvalue weighted by Gasteiger charge is -2.28. The molecule has 0 aromatic heterocycles. The van der Waals surface area contributed by atoms with Gasteiger partial charge >= 0.3 is 0 Å². The maximum absolute atomic E-state index is 13.6. The van der Waals surface area contributed by atoms with E-state index in [0.717, 1.165) is 37.8 Å². The van der Waals surface area contributed by atoms with Crippen molar-refractivity contribution in [1.29, 1.82) is 0 Å². The molecule has 1 aromatic rings. The molecule has 0 saturated heterocycles. The average Bonchev–Trinajstić information content (AvgIpc) is 2.89. The van der Waals surface area contributed by atoms with E-state index in [1.165, 1.54) is 4.90 Å². The number of amides is 1.